The lowest BCUT2D eigenvalue weighted by molar-refractivity contribution is -0.113. The van der Waals surface area contributed by atoms with Gasteiger partial charge in [-0.05, 0) is 65.9 Å². The van der Waals surface area contributed by atoms with Gasteiger partial charge in [0.1, 0.15) is 12.4 Å². The summed E-state index contributed by atoms with van der Waals surface area (Å²) < 4.78 is 5.76. The van der Waals surface area contributed by atoms with E-state index >= 15 is 0 Å². The van der Waals surface area contributed by atoms with Crippen LogP contribution in [-0.4, -0.2) is 11.1 Å². The Morgan fingerprint density at radius 3 is 2.50 bits per heavy atom. The first kappa shape index (κ1) is 22.0. The Morgan fingerprint density at radius 1 is 1.03 bits per heavy atom. The van der Waals surface area contributed by atoms with Crippen LogP contribution in [0.3, 0.4) is 0 Å². The number of carbonyl (C=O) groups excluding carboxylic acids is 2. The third-order valence-corrected chi connectivity index (χ3v) is 6.07. The largest absolute Gasteiger partial charge is 0.487 e. The summed E-state index contributed by atoms with van der Waals surface area (Å²) in [5, 5.41) is 9.67. The van der Waals surface area contributed by atoms with Gasteiger partial charge in [-0.1, -0.05) is 47.5 Å². The first-order chi connectivity index (χ1) is 15.5. The summed E-state index contributed by atoms with van der Waals surface area (Å²) in [6, 6.07) is 20.9. The van der Waals surface area contributed by atoms with E-state index in [9.17, 15) is 14.9 Å². The van der Waals surface area contributed by atoms with Crippen molar-refractivity contribution in [3.63, 3.8) is 0 Å². The van der Waals surface area contributed by atoms with Crippen molar-refractivity contribution in [3.8, 4) is 11.8 Å². The molecule has 1 fully saturated rings. The van der Waals surface area contributed by atoms with Crippen molar-refractivity contribution in [1.82, 2.24) is 0 Å². The number of halogens is 2. The molecule has 158 valence electrons. The minimum atomic E-state index is -0.410. The van der Waals surface area contributed by atoms with Gasteiger partial charge in [0.2, 0.25) is 0 Å². The third kappa shape index (κ3) is 4.66. The van der Waals surface area contributed by atoms with Crippen molar-refractivity contribution in [2.45, 2.75) is 6.61 Å². The Kier molecular flexibility index (Phi) is 6.52. The van der Waals surface area contributed by atoms with Crippen LogP contribution >= 0.6 is 35.0 Å². The highest BCUT2D eigenvalue weighted by atomic mass is 35.5. The maximum Gasteiger partial charge on any atom is 0.298 e. The molecule has 3 aromatic carbocycles. The molecule has 0 radical (unpaired) electrons. The topological polar surface area (TPSA) is 70.4 Å². The molecule has 4 rings (SSSR count). The Bertz CT molecular complexity index is 1280. The van der Waals surface area contributed by atoms with E-state index in [4.69, 9.17) is 27.9 Å². The highest BCUT2D eigenvalue weighted by Crippen LogP contribution is 2.37. The van der Waals surface area contributed by atoms with E-state index in [0.29, 0.717) is 32.6 Å². The van der Waals surface area contributed by atoms with Gasteiger partial charge < -0.3 is 4.74 Å². The molecule has 0 spiro atoms. The second-order valence-electron chi connectivity index (χ2n) is 6.74. The SMILES string of the molecule is N#Cc1ccccc1COc1ccc(C=C2SC(=O)N(c3ccc(Cl)cc3)C2=O)cc1Cl. The normalized spacial score (nSPS) is 14.7. The van der Waals surface area contributed by atoms with Gasteiger partial charge >= 0.3 is 0 Å². The fourth-order valence-electron chi connectivity index (χ4n) is 3.07. The van der Waals surface area contributed by atoms with Crippen molar-refractivity contribution >= 4 is 57.9 Å². The molecule has 0 aromatic heterocycles. The highest BCUT2D eigenvalue weighted by molar-refractivity contribution is 8.19. The Balaban J connectivity index is 1.50. The molecule has 5 nitrogen and oxygen atoms in total. The van der Waals surface area contributed by atoms with Crippen molar-refractivity contribution in [2.24, 2.45) is 0 Å². The van der Waals surface area contributed by atoms with E-state index < -0.39 is 5.91 Å². The molecule has 0 bridgehead atoms. The van der Waals surface area contributed by atoms with Crippen molar-refractivity contribution in [2.75, 3.05) is 4.90 Å². The number of benzene rings is 3. The molecule has 1 aliphatic heterocycles. The van der Waals surface area contributed by atoms with Crippen LogP contribution in [0.2, 0.25) is 10.0 Å². The van der Waals surface area contributed by atoms with Crippen molar-refractivity contribution in [1.29, 1.82) is 5.26 Å². The first-order valence-electron chi connectivity index (χ1n) is 9.40. The molecule has 0 unspecified atom stereocenters. The quantitative estimate of drug-likeness (QED) is 0.380. The maximum atomic E-state index is 12.8. The van der Waals surface area contributed by atoms with Gasteiger partial charge in [0.25, 0.3) is 11.1 Å². The van der Waals surface area contributed by atoms with Crippen LogP contribution in [0, 0.1) is 11.3 Å². The Hall–Kier alpha value is -3.24. The minimum Gasteiger partial charge on any atom is -0.487 e. The number of hydrogen-bond donors (Lipinski definition) is 0. The molecule has 0 aliphatic carbocycles. The zero-order valence-corrected chi connectivity index (χ0v) is 18.7. The van der Waals surface area contributed by atoms with E-state index in [2.05, 4.69) is 6.07 Å². The zero-order chi connectivity index (χ0) is 22.7. The molecular weight excluding hydrogens is 467 g/mol. The summed E-state index contributed by atoms with van der Waals surface area (Å²) in [5.74, 6) is 0.0395. The van der Waals surface area contributed by atoms with Crippen LogP contribution in [-0.2, 0) is 11.4 Å². The minimum absolute atomic E-state index is 0.197. The van der Waals surface area contributed by atoms with Gasteiger partial charge in [-0.25, -0.2) is 4.90 Å². The van der Waals surface area contributed by atoms with E-state index in [1.165, 1.54) is 0 Å². The Labute approximate surface area is 198 Å². The van der Waals surface area contributed by atoms with Gasteiger partial charge in [0.15, 0.2) is 0 Å². The molecule has 1 saturated heterocycles. The van der Waals surface area contributed by atoms with Crippen LogP contribution in [0.1, 0.15) is 16.7 Å². The number of ether oxygens (including phenoxy) is 1. The molecule has 8 heteroatoms. The lowest BCUT2D eigenvalue weighted by atomic mass is 10.1. The monoisotopic (exact) mass is 480 g/mol. The Morgan fingerprint density at radius 2 is 1.78 bits per heavy atom. The highest BCUT2D eigenvalue weighted by Gasteiger charge is 2.36. The first-order valence-corrected chi connectivity index (χ1v) is 11.0. The lowest BCUT2D eigenvalue weighted by Crippen LogP contribution is -2.27. The fourth-order valence-corrected chi connectivity index (χ4v) is 4.28. The fraction of sp³-hybridized carbons (Fsp3) is 0.0417. The van der Waals surface area contributed by atoms with Gasteiger partial charge in [-0.15, -0.1) is 0 Å². The molecule has 1 heterocycles. The maximum absolute atomic E-state index is 12.8. The molecule has 3 aromatic rings. The number of nitriles is 1. The van der Waals surface area contributed by atoms with E-state index in [-0.39, 0.29) is 16.8 Å². The molecule has 2 amide bonds. The predicted octanol–water partition coefficient (Wildman–Crippen LogP) is 6.68. The number of imide groups is 1. The van der Waals surface area contributed by atoms with Crippen LogP contribution in [0.4, 0.5) is 10.5 Å². The molecular formula is C24H14Cl2N2O3S. The summed E-state index contributed by atoms with van der Waals surface area (Å²) in [5.41, 5.74) is 2.41. The number of hydrogen-bond acceptors (Lipinski definition) is 5. The standard InChI is InChI=1S/C24H14Cl2N2O3S/c25-18-6-8-19(9-7-18)28-23(29)22(32-24(28)30)12-15-5-10-21(20(26)11-15)31-14-17-4-2-1-3-16(17)13-27/h1-12H,14H2. The van der Waals surface area contributed by atoms with Crippen molar-refractivity contribution in [3.05, 3.63) is 98.4 Å². The van der Waals surface area contributed by atoms with Crippen LogP contribution < -0.4 is 9.64 Å². The molecule has 0 atom stereocenters. The molecule has 0 N–H and O–H groups in total. The smallest absolute Gasteiger partial charge is 0.298 e. The van der Waals surface area contributed by atoms with Gasteiger partial charge in [-0.2, -0.15) is 5.26 Å². The van der Waals surface area contributed by atoms with Gasteiger partial charge in [0.05, 0.1) is 27.2 Å². The number of thioether (sulfide) groups is 1. The van der Waals surface area contributed by atoms with Crippen LogP contribution in [0.5, 0.6) is 5.75 Å². The van der Waals surface area contributed by atoms with E-state index in [1.54, 1.807) is 60.7 Å². The summed E-state index contributed by atoms with van der Waals surface area (Å²) in [6.45, 7) is 0.197. The summed E-state index contributed by atoms with van der Waals surface area (Å²) in [4.78, 5) is 26.6. The molecule has 1 aliphatic rings. The van der Waals surface area contributed by atoms with Crippen LogP contribution in [0.15, 0.2) is 71.6 Å². The lowest BCUT2D eigenvalue weighted by Gasteiger charge is -2.12. The second-order valence-corrected chi connectivity index (χ2v) is 8.58. The average Bonchev–Trinajstić information content (AvgIpc) is 3.07. The number of rotatable bonds is 5. The van der Waals surface area contributed by atoms with Gasteiger partial charge in [-0.3, -0.25) is 9.59 Å². The number of nitrogens with zero attached hydrogens (tertiary/aromatic N) is 2. The summed E-state index contributed by atoms with van der Waals surface area (Å²) in [7, 11) is 0. The zero-order valence-electron chi connectivity index (χ0n) is 16.4. The summed E-state index contributed by atoms with van der Waals surface area (Å²) in [6.07, 6.45) is 1.61. The number of anilines is 1. The molecule has 32 heavy (non-hydrogen) atoms. The molecule has 0 saturated carbocycles. The average molecular weight is 481 g/mol. The van der Waals surface area contributed by atoms with Crippen LogP contribution in [0.25, 0.3) is 6.08 Å². The predicted molar refractivity (Wildman–Crippen MR) is 127 cm³/mol. The van der Waals surface area contributed by atoms with E-state index in [0.717, 1.165) is 22.2 Å². The van der Waals surface area contributed by atoms with Crippen molar-refractivity contribution < 1.29 is 14.3 Å². The van der Waals surface area contributed by atoms with E-state index in [1.807, 2.05) is 12.1 Å². The second kappa shape index (κ2) is 9.49. The third-order valence-electron chi connectivity index (χ3n) is 4.65. The van der Waals surface area contributed by atoms with Gasteiger partial charge in [0, 0.05) is 10.6 Å². The summed E-state index contributed by atoms with van der Waals surface area (Å²) >= 11 is 13.1. The number of carbonyl (C=O) groups is 2. The number of amides is 2.